The van der Waals surface area contributed by atoms with Crippen LogP contribution in [0.25, 0.3) is 0 Å². The molecule has 4 heteroatoms. The second-order valence-electron chi connectivity index (χ2n) is 4.95. The minimum atomic E-state index is -0.253. The van der Waals surface area contributed by atoms with Crippen LogP contribution in [-0.2, 0) is 6.54 Å². The maximum Gasteiger partial charge on any atom is 0.146 e. The van der Waals surface area contributed by atoms with Gasteiger partial charge in [-0.15, -0.1) is 0 Å². The quantitative estimate of drug-likeness (QED) is 0.918. The Bertz CT molecular complexity index is 582. The molecule has 0 aromatic heterocycles. The van der Waals surface area contributed by atoms with E-state index >= 15 is 0 Å². The molecule has 2 aromatic carbocycles. The lowest BCUT2D eigenvalue weighted by Crippen LogP contribution is -2.21. The highest BCUT2D eigenvalue weighted by Crippen LogP contribution is 2.28. The molecule has 0 aliphatic rings. The number of benzene rings is 2. The van der Waals surface area contributed by atoms with Crippen LogP contribution in [-0.4, -0.2) is 7.05 Å². The highest BCUT2D eigenvalue weighted by molar-refractivity contribution is 6.30. The van der Waals surface area contributed by atoms with E-state index in [-0.39, 0.29) is 11.9 Å². The Labute approximate surface area is 124 Å². The number of nitrogens with two attached hydrogens (primary N) is 1. The van der Waals surface area contributed by atoms with E-state index in [2.05, 4.69) is 0 Å². The van der Waals surface area contributed by atoms with E-state index in [1.165, 1.54) is 6.07 Å². The molecular weight excluding hydrogens is 275 g/mol. The van der Waals surface area contributed by atoms with E-state index in [4.69, 9.17) is 17.3 Å². The average Bonchev–Trinajstić information content (AvgIpc) is 2.40. The van der Waals surface area contributed by atoms with Crippen molar-refractivity contribution in [3.63, 3.8) is 0 Å². The summed E-state index contributed by atoms with van der Waals surface area (Å²) in [6.07, 6.45) is 0. The van der Waals surface area contributed by atoms with Crippen LogP contribution in [0, 0.1) is 5.82 Å². The summed E-state index contributed by atoms with van der Waals surface area (Å²) < 4.78 is 14.1. The number of hydrogen-bond donors (Lipinski definition) is 1. The third-order valence-electron chi connectivity index (χ3n) is 3.22. The summed E-state index contributed by atoms with van der Waals surface area (Å²) in [6.45, 7) is 2.45. The number of rotatable bonds is 4. The van der Waals surface area contributed by atoms with Gasteiger partial charge in [-0.25, -0.2) is 4.39 Å². The molecule has 0 fully saturated rings. The highest BCUT2D eigenvalue weighted by atomic mass is 35.5. The number of halogens is 2. The molecule has 0 amide bonds. The van der Waals surface area contributed by atoms with Gasteiger partial charge >= 0.3 is 0 Å². The standard InChI is InChI=1S/C16H18ClFN2/c1-11(19)14-4-3-5-15(18)16(14)20(2)10-12-6-8-13(17)9-7-12/h3-9,11H,10,19H2,1-2H3. The van der Waals surface area contributed by atoms with E-state index in [9.17, 15) is 4.39 Å². The van der Waals surface area contributed by atoms with Gasteiger partial charge in [-0.2, -0.15) is 0 Å². The summed E-state index contributed by atoms with van der Waals surface area (Å²) in [7, 11) is 1.86. The molecule has 2 nitrogen and oxygen atoms in total. The molecule has 0 spiro atoms. The smallest absolute Gasteiger partial charge is 0.146 e. The SMILES string of the molecule is CC(N)c1cccc(F)c1N(C)Cc1ccc(Cl)cc1. The largest absolute Gasteiger partial charge is 0.368 e. The van der Waals surface area contributed by atoms with Crippen LogP contribution in [0.4, 0.5) is 10.1 Å². The van der Waals surface area contributed by atoms with Gasteiger partial charge in [0.15, 0.2) is 0 Å². The van der Waals surface area contributed by atoms with E-state index in [0.717, 1.165) is 11.1 Å². The van der Waals surface area contributed by atoms with Crippen molar-refractivity contribution in [1.82, 2.24) is 0 Å². The maximum atomic E-state index is 14.1. The Morgan fingerprint density at radius 1 is 1.20 bits per heavy atom. The van der Waals surface area contributed by atoms with Crippen LogP contribution in [0.5, 0.6) is 0 Å². The van der Waals surface area contributed by atoms with Crippen LogP contribution < -0.4 is 10.6 Å². The van der Waals surface area contributed by atoms with Crippen molar-refractivity contribution in [2.24, 2.45) is 5.73 Å². The van der Waals surface area contributed by atoms with Gasteiger partial charge in [-0.3, -0.25) is 0 Å². The van der Waals surface area contributed by atoms with Gasteiger partial charge in [0.2, 0.25) is 0 Å². The maximum absolute atomic E-state index is 14.1. The Hall–Kier alpha value is -1.58. The van der Waals surface area contributed by atoms with Crippen LogP contribution in [0.3, 0.4) is 0 Å². The fourth-order valence-electron chi connectivity index (χ4n) is 2.24. The number of anilines is 1. The normalized spacial score (nSPS) is 12.2. The van der Waals surface area contributed by atoms with Crippen LogP contribution in [0.15, 0.2) is 42.5 Å². The first-order chi connectivity index (χ1) is 9.49. The molecule has 0 bridgehead atoms. The number of hydrogen-bond acceptors (Lipinski definition) is 2. The van der Waals surface area contributed by atoms with Crippen LogP contribution in [0.1, 0.15) is 24.1 Å². The van der Waals surface area contributed by atoms with Crippen LogP contribution in [0.2, 0.25) is 5.02 Å². The molecular formula is C16H18ClFN2. The Kier molecular flexibility index (Phi) is 4.63. The highest BCUT2D eigenvalue weighted by Gasteiger charge is 2.15. The first kappa shape index (κ1) is 14.8. The predicted octanol–water partition coefficient (Wildman–Crippen LogP) is 4.14. The summed E-state index contributed by atoms with van der Waals surface area (Å²) >= 11 is 5.87. The molecule has 0 saturated carbocycles. The number of nitrogens with zero attached hydrogens (tertiary/aromatic N) is 1. The topological polar surface area (TPSA) is 29.3 Å². The molecule has 1 unspecified atom stereocenters. The monoisotopic (exact) mass is 292 g/mol. The van der Waals surface area contributed by atoms with Crippen molar-refractivity contribution in [2.75, 3.05) is 11.9 Å². The lowest BCUT2D eigenvalue weighted by Gasteiger charge is -2.24. The fourth-order valence-corrected chi connectivity index (χ4v) is 2.37. The zero-order valence-corrected chi connectivity index (χ0v) is 12.4. The molecule has 1 atom stereocenters. The fraction of sp³-hybridized carbons (Fsp3) is 0.250. The van der Waals surface area contributed by atoms with Gasteiger partial charge in [0.25, 0.3) is 0 Å². The van der Waals surface area contributed by atoms with E-state index in [1.54, 1.807) is 6.07 Å². The predicted molar refractivity (Wildman–Crippen MR) is 82.6 cm³/mol. The lowest BCUT2D eigenvalue weighted by atomic mass is 10.0. The molecule has 0 saturated heterocycles. The van der Waals surface area contributed by atoms with E-state index in [0.29, 0.717) is 17.3 Å². The molecule has 0 aliphatic carbocycles. The van der Waals surface area contributed by atoms with E-state index in [1.807, 2.05) is 49.2 Å². The Balaban J connectivity index is 2.29. The molecule has 20 heavy (non-hydrogen) atoms. The van der Waals surface area contributed by atoms with Crippen molar-refractivity contribution < 1.29 is 4.39 Å². The van der Waals surface area contributed by atoms with E-state index < -0.39 is 0 Å². The molecule has 106 valence electrons. The zero-order valence-electron chi connectivity index (χ0n) is 11.6. The minimum absolute atomic E-state index is 0.214. The molecule has 2 N–H and O–H groups in total. The van der Waals surface area contributed by atoms with Crippen molar-refractivity contribution in [3.8, 4) is 0 Å². The molecule has 0 radical (unpaired) electrons. The summed E-state index contributed by atoms with van der Waals surface area (Å²) in [5.74, 6) is -0.253. The molecule has 2 aromatic rings. The van der Waals surface area contributed by atoms with Crippen molar-refractivity contribution in [3.05, 3.63) is 64.4 Å². The summed E-state index contributed by atoms with van der Waals surface area (Å²) in [5, 5.41) is 0.693. The molecule has 2 rings (SSSR count). The summed E-state index contributed by atoms with van der Waals surface area (Å²) in [5.41, 5.74) is 8.35. The van der Waals surface area contributed by atoms with Crippen molar-refractivity contribution in [1.29, 1.82) is 0 Å². The third-order valence-corrected chi connectivity index (χ3v) is 3.48. The van der Waals surface area contributed by atoms with Gasteiger partial charge in [0, 0.05) is 24.7 Å². The van der Waals surface area contributed by atoms with Crippen LogP contribution >= 0.6 is 11.6 Å². The molecule has 0 aliphatic heterocycles. The number of para-hydroxylation sites is 1. The minimum Gasteiger partial charge on any atom is -0.368 e. The Morgan fingerprint density at radius 2 is 1.85 bits per heavy atom. The Morgan fingerprint density at radius 3 is 2.45 bits per heavy atom. The van der Waals surface area contributed by atoms with Crippen molar-refractivity contribution >= 4 is 17.3 Å². The first-order valence-corrected chi connectivity index (χ1v) is 6.86. The third kappa shape index (κ3) is 3.30. The second kappa shape index (κ2) is 6.25. The lowest BCUT2D eigenvalue weighted by molar-refractivity contribution is 0.616. The van der Waals surface area contributed by atoms with Gasteiger partial charge in [0.1, 0.15) is 5.82 Å². The van der Waals surface area contributed by atoms with Crippen molar-refractivity contribution in [2.45, 2.75) is 19.5 Å². The second-order valence-corrected chi connectivity index (χ2v) is 5.39. The summed E-state index contributed by atoms with van der Waals surface area (Å²) in [6, 6.07) is 12.3. The van der Waals surface area contributed by atoms with Gasteiger partial charge in [-0.1, -0.05) is 35.9 Å². The van der Waals surface area contributed by atoms with Gasteiger partial charge in [0.05, 0.1) is 5.69 Å². The zero-order chi connectivity index (χ0) is 14.7. The first-order valence-electron chi connectivity index (χ1n) is 6.48. The molecule has 0 heterocycles. The van der Waals surface area contributed by atoms with Gasteiger partial charge < -0.3 is 10.6 Å². The van der Waals surface area contributed by atoms with Gasteiger partial charge in [-0.05, 0) is 36.2 Å². The average molecular weight is 293 g/mol. The summed E-state index contributed by atoms with van der Waals surface area (Å²) in [4.78, 5) is 1.87.